The molecule has 0 aliphatic heterocycles. The molecule has 46 heavy (non-hydrogen) atoms. The molecule has 0 radical (unpaired) electrons. The molecule has 0 bridgehead atoms. The highest BCUT2D eigenvalue weighted by atomic mass is 31.2. The Hall–Kier alpha value is -1.02. The Morgan fingerprint density at radius 3 is 1.61 bits per heavy atom. The van der Waals surface area contributed by atoms with E-state index in [1.807, 2.05) is 0 Å². The van der Waals surface area contributed by atoms with Gasteiger partial charge >= 0.3 is 13.8 Å². The fourth-order valence-electron chi connectivity index (χ4n) is 5.04. The number of ether oxygens (including phenoxy) is 2. The van der Waals surface area contributed by atoms with E-state index in [1.54, 1.807) is 0 Å². The van der Waals surface area contributed by atoms with E-state index in [0.29, 0.717) is 13.0 Å². The Balaban J connectivity index is 4.13. The molecule has 9 heteroatoms. The minimum absolute atomic E-state index is 0.0980. The molecule has 0 heterocycles. The van der Waals surface area contributed by atoms with Crippen LogP contribution < -0.4 is 5.73 Å². The van der Waals surface area contributed by atoms with Crippen molar-refractivity contribution in [1.82, 2.24) is 0 Å². The van der Waals surface area contributed by atoms with Gasteiger partial charge in [-0.1, -0.05) is 122 Å². The third-order valence-electron chi connectivity index (χ3n) is 7.84. The van der Waals surface area contributed by atoms with Gasteiger partial charge in [-0.15, -0.1) is 0 Å². The van der Waals surface area contributed by atoms with Crippen LogP contribution in [-0.2, 0) is 27.9 Å². The molecule has 0 spiro atoms. The summed E-state index contributed by atoms with van der Waals surface area (Å²) in [5.74, 6) is -0.344. The molecular weight excluding hydrogens is 601 g/mol. The number of rotatable bonds is 36. The molecule has 272 valence electrons. The summed E-state index contributed by atoms with van der Waals surface area (Å²) in [5.41, 5.74) is 5.35. The van der Waals surface area contributed by atoms with Gasteiger partial charge in [0.15, 0.2) is 0 Å². The average molecular weight is 674 g/mol. The number of hydrogen-bond acceptors (Lipinski definition) is 7. The average Bonchev–Trinajstić information content (AvgIpc) is 3.04. The van der Waals surface area contributed by atoms with Crippen LogP contribution in [0.2, 0.25) is 0 Å². The van der Waals surface area contributed by atoms with Crippen molar-refractivity contribution in [3.05, 3.63) is 24.3 Å². The molecule has 2 atom stereocenters. The highest BCUT2D eigenvalue weighted by Crippen LogP contribution is 2.43. The van der Waals surface area contributed by atoms with Crippen molar-refractivity contribution in [2.24, 2.45) is 5.73 Å². The summed E-state index contributed by atoms with van der Waals surface area (Å²) in [6.45, 7) is 4.86. The molecule has 0 amide bonds. The van der Waals surface area contributed by atoms with Crippen molar-refractivity contribution in [3.8, 4) is 0 Å². The van der Waals surface area contributed by atoms with E-state index in [1.165, 1.54) is 89.9 Å². The summed E-state index contributed by atoms with van der Waals surface area (Å²) in [4.78, 5) is 22.3. The van der Waals surface area contributed by atoms with Crippen LogP contribution in [0, 0.1) is 0 Å². The third-order valence-corrected chi connectivity index (χ3v) is 8.83. The van der Waals surface area contributed by atoms with E-state index in [0.717, 1.165) is 57.8 Å². The number of nitrogens with two attached hydrogens (primary N) is 1. The van der Waals surface area contributed by atoms with Gasteiger partial charge < -0.3 is 20.1 Å². The topological polar surface area (TPSA) is 117 Å². The van der Waals surface area contributed by atoms with Gasteiger partial charge in [-0.3, -0.25) is 13.8 Å². The lowest BCUT2D eigenvalue weighted by molar-refractivity contribution is -0.154. The minimum atomic E-state index is -4.27. The molecule has 0 fully saturated rings. The first kappa shape index (κ1) is 45.0. The molecule has 1 unspecified atom stereocenters. The number of phosphoric ester groups is 1. The van der Waals surface area contributed by atoms with Crippen LogP contribution in [0.1, 0.15) is 168 Å². The normalized spacial score (nSPS) is 13.9. The molecule has 0 saturated carbocycles. The maximum absolute atomic E-state index is 12.5. The van der Waals surface area contributed by atoms with Crippen molar-refractivity contribution >= 4 is 13.8 Å². The Bertz CT molecular complexity index is 762. The van der Waals surface area contributed by atoms with Crippen LogP contribution in [-0.4, -0.2) is 49.9 Å². The fourth-order valence-corrected chi connectivity index (χ4v) is 5.81. The van der Waals surface area contributed by atoms with E-state index in [-0.39, 0.29) is 32.3 Å². The quantitative estimate of drug-likeness (QED) is 0.0292. The smallest absolute Gasteiger partial charge is 0.457 e. The van der Waals surface area contributed by atoms with E-state index in [9.17, 15) is 14.3 Å². The maximum Gasteiger partial charge on any atom is 0.472 e. The van der Waals surface area contributed by atoms with Crippen LogP contribution in [0.3, 0.4) is 0 Å². The second kappa shape index (κ2) is 35.3. The fraction of sp³-hybridized carbons (Fsp3) is 0.865. The molecule has 0 aliphatic rings. The zero-order valence-corrected chi connectivity index (χ0v) is 30.7. The summed E-state index contributed by atoms with van der Waals surface area (Å²) in [7, 11) is -4.27. The van der Waals surface area contributed by atoms with Crippen molar-refractivity contribution in [3.63, 3.8) is 0 Å². The molecule has 0 aliphatic carbocycles. The molecule has 8 nitrogen and oxygen atoms in total. The van der Waals surface area contributed by atoms with E-state index in [2.05, 4.69) is 38.2 Å². The predicted molar refractivity (Wildman–Crippen MR) is 192 cm³/mol. The number of unbranched alkanes of at least 4 members (excludes halogenated alkanes) is 19. The second-order valence-electron chi connectivity index (χ2n) is 12.4. The van der Waals surface area contributed by atoms with Gasteiger partial charge in [-0.2, -0.15) is 0 Å². The maximum atomic E-state index is 12.5. The van der Waals surface area contributed by atoms with Crippen LogP contribution in [0.5, 0.6) is 0 Å². The Morgan fingerprint density at radius 1 is 0.630 bits per heavy atom. The van der Waals surface area contributed by atoms with Gasteiger partial charge in [0.05, 0.1) is 19.8 Å². The van der Waals surface area contributed by atoms with Crippen molar-refractivity contribution in [1.29, 1.82) is 0 Å². The highest BCUT2D eigenvalue weighted by molar-refractivity contribution is 7.47. The van der Waals surface area contributed by atoms with Gasteiger partial charge in [0.1, 0.15) is 6.10 Å². The number of carbonyl (C=O) groups excluding carboxylic acids is 1. The summed E-state index contributed by atoms with van der Waals surface area (Å²) in [6.07, 6.45) is 36.1. The molecule has 0 aromatic rings. The summed E-state index contributed by atoms with van der Waals surface area (Å²) < 4.78 is 33.2. The summed E-state index contributed by atoms with van der Waals surface area (Å²) >= 11 is 0. The molecule has 0 aromatic carbocycles. The van der Waals surface area contributed by atoms with Crippen molar-refractivity contribution in [2.75, 3.05) is 33.0 Å². The third kappa shape index (κ3) is 34.3. The zero-order chi connectivity index (χ0) is 33.8. The lowest BCUT2D eigenvalue weighted by Crippen LogP contribution is -2.28. The lowest BCUT2D eigenvalue weighted by Gasteiger charge is -2.20. The number of esters is 1. The van der Waals surface area contributed by atoms with Crippen LogP contribution in [0.25, 0.3) is 0 Å². The summed E-state index contributed by atoms with van der Waals surface area (Å²) in [5, 5.41) is 0. The highest BCUT2D eigenvalue weighted by Gasteiger charge is 2.25. The van der Waals surface area contributed by atoms with Gasteiger partial charge in [-0.05, 0) is 64.2 Å². The van der Waals surface area contributed by atoms with E-state index in [4.69, 9.17) is 24.3 Å². The van der Waals surface area contributed by atoms with E-state index >= 15 is 0 Å². The van der Waals surface area contributed by atoms with Crippen molar-refractivity contribution in [2.45, 2.75) is 174 Å². The number of phosphoric acid groups is 1. The van der Waals surface area contributed by atoms with Gasteiger partial charge in [0.25, 0.3) is 0 Å². The standard InChI is InChI=1S/C37H72NO7P/c1-3-5-7-9-11-13-15-17-19-21-23-25-27-29-32-42-34-36(35-44-46(40,41)43-33-31-38)45-37(39)30-28-26-24-22-20-18-16-14-12-10-8-6-4-2/h14,16-17,19,36H,3-13,15,18,20-35,38H2,1-2H3,(H,40,41)/b16-14-,19-17+/t36-/m1/s1. The molecule has 0 saturated heterocycles. The Kier molecular flexibility index (Phi) is 34.5. The van der Waals surface area contributed by atoms with Gasteiger partial charge in [0.2, 0.25) is 0 Å². The number of allylic oxidation sites excluding steroid dienone is 4. The first-order chi connectivity index (χ1) is 22.4. The van der Waals surface area contributed by atoms with E-state index < -0.39 is 13.9 Å². The minimum Gasteiger partial charge on any atom is -0.457 e. The van der Waals surface area contributed by atoms with Crippen LogP contribution >= 0.6 is 7.82 Å². The first-order valence-corrected chi connectivity index (χ1v) is 20.3. The zero-order valence-electron chi connectivity index (χ0n) is 29.8. The second-order valence-corrected chi connectivity index (χ2v) is 13.9. The lowest BCUT2D eigenvalue weighted by atomic mass is 10.1. The first-order valence-electron chi connectivity index (χ1n) is 18.8. The van der Waals surface area contributed by atoms with Crippen LogP contribution in [0.15, 0.2) is 24.3 Å². The number of carbonyl (C=O) groups is 1. The summed E-state index contributed by atoms with van der Waals surface area (Å²) in [6, 6.07) is 0. The molecule has 0 aromatic heterocycles. The van der Waals surface area contributed by atoms with Crippen LogP contribution in [0.4, 0.5) is 0 Å². The SMILES string of the molecule is CCCCCC/C=C\CCCCCCCC(=O)O[C@H](COCCCCCC/C=C/CCCCCCCC)COP(=O)(O)OCCN. The molecule has 3 N–H and O–H groups in total. The monoisotopic (exact) mass is 674 g/mol. The molecular formula is C37H72NO7P. The number of hydrogen-bond donors (Lipinski definition) is 2. The largest absolute Gasteiger partial charge is 0.472 e. The predicted octanol–water partition coefficient (Wildman–Crippen LogP) is 10.5. The van der Waals surface area contributed by atoms with Gasteiger partial charge in [-0.25, -0.2) is 4.57 Å². The van der Waals surface area contributed by atoms with Crippen molar-refractivity contribution < 1.29 is 32.8 Å². The molecule has 0 rings (SSSR count). The Morgan fingerprint density at radius 2 is 1.09 bits per heavy atom. The Labute approximate surface area is 283 Å². The van der Waals surface area contributed by atoms with Gasteiger partial charge in [0, 0.05) is 19.6 Å².